The van der Waals surface area contributed by atoms with Gasteiger partial charge >= 0.3 is 0 Å². The third-order valence-corrected chi connectivity index (χ3v) is 3.35. The highest BCUT2D eigenvalue weighted by molar-refractivity contribution is 6.99. The van der Waals surface area contributed by atoms with Crippen LogP contribution in [0, 0.1) is 0 Å². The molecule has 1 aromatic heterocycles. The highest BCUT2D eigenvalue weighted by Crippen LogP contribution is 2.12. The van der Waals surface area contributed by atoms with E-state index in [0.717, 1.165) is 24.8 Å². The number of nitrogens with one attached hydrogen (secondary N) is 1. The topological polar surface area (TPSA) is 58.1 Å². The van der Waals surface area contributed by atoms with Gasteiger partial charge in [-0.2, -0.15) is 8.75 Å². The van der Waals surface area contributed by atoms with Gasteiger partial charge in [-0.05, 0) is 13.8 Å². The first-order chi connectivity index (χ1) is 7.20. The summed E-state index contributed by atoms with van der Waals surface area (Å²) in [5, 5.41) is 3.33. The van der Waals surface area contributed by atoms with E-state index in [0.29, 0.717) is 11.7 Å². The zero-order valence-electron chi connectivity index (χ0n) is 8.80. The van der Waals surface area contributed by atoms with Crippen molar-refractivity contribution in [1.82, 2.24) is 19.0 Å². The highest BCUT2D eigenvalue weighted by Gasteiger charge is 2.29. The van der Waals surface area contributed by atoms with E-state index < -0.39 is 0 Å². The van der Waals surface area contributed by atoms with Crippen LogP contribution in [0.15, 0.2) is 6.20 Å². The molecule has 1 saturated heterocycles. The zero-order chi connectivity index (χ0) is 10.8. The Morgan fingerprint density at radius 3 is 3.13 bits per heavy atom. The van der Waals surface area contributed by atoms with E-state index in [1.54, 1.807) is 0 Å². The second-order valence-corrected chi connectivity index (χ2v) is 4.33. The Morgan fingerprint density at radius 2 is 2.47 bits per heavy atom. The van der Waals surface area contributed by atoms with E-state index in [9.17, 15) is 4.79 Å². The molecule has 1 amide bonds. The van der Waals surface area contributed by atoms with Gasteiger partial charge in [0.2, 0.25) is 0 Å². The van der Waals surface area contributed by atoms with Gasteiger partial charge in [0.15, 0.2) is 5.69 Å². The number of aromatic nitrogens is 2. The lowest BCUT2D eigenvalue weighted by molar-refractivity contribution is 0.0598. The second kappa shape index (κ2) is 4.24. The Labute approximate surface area is 92.8 Å². The fourth-order valence-corrected chi connectivity index (χ4v) is 2.16. The van der Waals surface area contributed by atoms with Gasteiger partial charge in [0, 0.05) is 25.2 Å². The summed E-state index contributed by atoms with van der Waals surface area (Å²) in [6, 6.07) is 0.530. The number of hydrogen-bond donors (Lipinski definition) is 1. The maximum Gasteiger partial charge on any atom is 0.275 e. The van der Waals surface area contributed by atoms with Crippen molar-refractivity contribution in [1.29, 1.82) is 0 Å². The average molecular weight is 226 g/mol. The molecule has 1 fully saturated rings. The van der Waals surface area contributed by atoms with Crippen LogP contribution in [0.5, 0.6) is 0 Å². The number of nitrogens with zero attached hydrogens (tertiary/aromatic N) is 3. The number of carbonyl (C=O) groups excluding carboxylic acids is 1. The largest absolute Gasteiger partial charge is 0.332 e. The van der Waals surface area contributed by atoms with E-state index >= 15 is 0 Å². The Morgan fingerprint density at radius 1 is 1.67 bits per heavy atom. The number of rotatable bonds is 1. The Bertz CT molecular complexity index is 340. The van der Waals surface area contributed by atoms with Crippen molar-refractivity contribution in [3.63, 3.8) is 0 Å². The molecule has 1 N–H and O–H groups in total. The molecule has 0 bridgehead atoms. The molecule has 2 unspecified atom stereocenters. The molecule has 0 aromatic carbocycles. The van der Waals surface area contributed by atoms with Gasteiger partial charge in [0.1, 0.15) is 0 Å². The van der Waals surface area contributed by atoms with Gasteiger partial charge in [-0.15, -0.1) is 0 Å². The lowest BCUT2D eigenvalue weighted by Crippen LogP contribution is -2.57. The first-order valence-corrected chi connectivity index (χ1v) is 5.75. The molecule has 15 heavy (non-hydrogen) atoms. The van der Waals surface area contributed by atoms with Gasteiger partial charge < -0.3 is 10.2 Å². The van der Waals surface area contributed by atoms with E-state index in [-0.39, 0.29) is 11.9 Å². The number of hydrogen-bond acceptors (Lipinski definition) is 5. The van der Waals surface area contributed by atoms with Crippen LogP contribution in [0.3, 0.4) is 0 Å². The predicted octanol–water partition coefficient (Wildman–Crippen LogP) is 0.360. The normalized spacial score (nSPS) is 26.7. The molecule has 1 aliphatic rings. The molecule has 0 spiro atoms. The lowest BCUT2D eigenvalue weighted by atomic mass is 10.1. The highest BCUT2D eigenvalue weighted by atomic mass is 32.1. The summed E-state index contributed by atoms with van der Waals surface area (Å²) >= 11 is 1.07. The zero-order valence-corrected chi connectivity index (χ0v) is 9.62. The molecular weight excluding hydrogens is 212 g/mol. The standard InChI is InChI=1S/C9H14N4OS/c1-6-7(2)13(4-3-10-6)9(14)8-5-11-15-12-8/h5-7,10H,3-4H2,1-2H3. The van der Waals surface area contributed by atoms with Crippen LogP contribution in [0.25, 0.3) is 0 Å². The van der Waals surface area contributed by atoms with Gasteiger partial charge in [-0.25, -0.2) is 0 Å². The second-order valence-electron chi connectivity index (χ2n) is 3.77. The smallest absolute Gasteiger partial charge is 0.275 e. The molecule has 0 saturated carbocycles. The summed E-state index contributed by atoms with van der Waals surface area (Å²) in [5.74, 6) is -0.00963. The molecule has 5 nitrogen and oxygen atoms in total. The molecule has 0 radical (unpaired) electrons. The van der Waals surface area contributed by atoms with Crippen molar-refractivity contribution in [3.05, 3.63) is 11.9 Å². The minimum atomic E-state index is -0.00963. The number of carbonyl (C=O) groups is 1. The fourth-order valence-electron chi connectivity index (χ4n) is 1.75. The summed E-state index contributed by atoms with van der Waals surface area (Å²) in [6.07, 6.45) is 1.53. The van der Waals surface area contributed by atoms with E-state index in [4.69, 9.17) is 0 Å². The minimum absolute atomic E-state index is 0.00963. The van der Waals surface area contributed by atoms with Crippen molar-refractivity contribution in [2.45, 2.75) is 25.9 Å². The molecule has 2 atom stereocenters. The van der Waals surface area contributed by atoms with E-state index in [1.807, 2.05) is 4.90 Å². The third kappa shape index (κ3) is 2.00. The Kier molecular flexibility index (Phi) is 2.97. The van der Waals surface area contributed by atoms with E-state index in [2.05, 4.69) is 27.9 Å². The molecular formula is C9H14N4OS. The van der Waals surface area contributed by atoms with Crippen molar-refractivity contribution in [3.8, 4) is 0 Å². The van der Waals surface area contributed by atoms with Crippen LogP contribution in [0.2, 0.25) is 0 Å². The lowest BCUT2D eigenvalue weighted by Gasteiger charge is -2.38. The molecule has 1 aromatic rings. The van der Waals surface area contributed by atoms with Crippen molar-refractivity contribution >= 4 is 17.6 Å². The van der Waals surface area contributed by atoms with Crippen molar-refractivity contribution in [2.75, 3.05) is 13.1 Å². The van der Waals surface area contributed by atoms with Crippen LogP contribution >= 0.6 is 11.7 Å². The maximum absolute atomic E-state index is 12.0. The minimum Gasteiger partial charge on any atom is -0.332 e. The summed E-state index contributed by atoms with van der Waals surface area (Å²) in [4.78, 5) is 13.9. The average Bonchev–Trinajstić information content (AvgIpc) is 2.74. The van der Waals surface area contributed by atoms with Crippen LogP contribution < -0.4 is 5.32 Å². The van der Waals surface area contributed by atoms with Crippen molar-refractivity contribution in [2.24, 2.45) is 0 Å². The van der Waals surface area contributed by atoms with Crippen LogP contribution in [0.1, 0.15) is 24.3 Å². The molecule has 1 aliphatic heterocycles. The summed E-state index contributed by atoms with van der Waals surface area (Å²) in [6.45, 7) is 5.72. The molecule has 6 heteroatoms. The van der Waals surface area contributed by atoms with Gasteiger partial charge in [0.05, 0.1) is 17.9 Å². The molecule has 0 aliphatic carbocycles. The number of piperazine rings is 1. The van der Waals surface area contributed by atoms with Gasteiger partial charge in [-0.3, -0.25) is 4.79 Å². The van der Waals surface area contributed by atoms with Crippen molar-refractivity contribution < 1.29 is 4.79 Å². The summed E-state index contributed by atoms with van der Waals surface area (Å²) < 4.78 is 7.82. The monoisotopic (exact) mass is 226 g/mol. The summed E-state index contributed by atoms with van der Waals surface area (Å²) in [7, 11) is 0. The SMILES string of the molecule is CC1NCCN(C(=O)c2cnsn2)C1C. The summed E-state index contributed by atoms with van der Waals surface area (Å²) in [5.41, 5.74) is 0.459. The van der Waals surface area contributed by atoms with Crippen LogP contribution in [-0.2, 0) is 0 Å². The van der Waals surface area contributed by atoms with E-state index in [1.165, 1.54) is 6.20 Å². The molecule has 82 valence electrons. The van der Waals surface area contributed by atoms with Crippen LogP contribution in [0.4, 0.5) is 0 Å². The predicted molar refractivity (Wildman–Crippen MR) is 57.9 cm³/mol. The fraction of sp³-hybridized carbons (Fsp3) is 0.667. The molecule has 2 rings (SSSR count). The number of amides is 1. The van der Waals surface area contributed by atoms with Gasteiger partial charge in [0.25, 0.3) is 5.91 Å². The first kappa shape index (κ1) is 10.5. The van der Waals surface area contributed by atoms with Crippen LogP contribution in [-0.4, -0.2) is 44.7 Å². The quantitative estimate of drug-likeness (QED) is 0.751. The first-order valence-electron chi connectivity index (χ1n) is 5.02. The maximum atomic E-state index is 12.0. The van der Waals surface area contributed by atoms with Gasteiger partial charge in [-0.1, -0.05) is 0 Å². The molecule has 2 heterocycles. The third-order valence-electron chi connectivity index (χ3n) is 2.88. The Balaban J connectivity index is 2.13. The Hall–Kier alpha value is -1.01.